The molecule has 0 spiro atoms. The summed E-state index contributed by atoms with van der Waals surface area (Å²) in [6.07, 6.45) is 0. The largest absolute Gasteiger partial charge is 0.507 e. The zero-order valence-corrected chi connectivity index (χ0v) is 20.9. The number of benzene rings is 2. The van der Waals surface area contributed by atoms with Crippen LogP contribution in [0.2, 0.25) is 0 Å². The molecule has 1 heterocycles. The molecule has 32 heavy (non-hydrogen) atoms. The van der Waals surface area contributed by atoms with Crippen molar-refractivity contribution >= 4 is 0 Å². The van der Waals surface area contributed by atoms with E-state index in [0.717, 1.165) is 41.1 Å². The average molecular weight is 442 g/mol. The Labute approximate surface area is 193 Å². The van der Waals surface area contributed by atoms with Gasteiger partial charge >= 0.3 is 0 Å². The van der Waals surface area contributed by atoms with Gasteiger partial charge < -0.3 is 19.3 Å². The molecule has 2 aromatic rings. The van der Waals surface area contributed by atoms with E-state index in [1.165, 1.54) is 0 Å². The van der Waals surface area contributed by atoms with E-state index in [0.29, 0.717) is 24.7 Å². The second kappa shape index (κ2) is 9.32. The van der Waals surface area contributed by atoms with Crippen LogP contribution >= 0.6 is 0 Å². The number of para-hydroxylation sites is 1. The summed E-state index contributed by atoms with van der Waals surface area (Å²) >= 11 is 0. The predicted molar refractivity (Wildman–Crippen MR) is 129 cm³/mol. The van der Waals surface area contributed by atoms with Crippen molar-refractivity contribution in [1.82, 2.24) is 4.90 Å². The highest BCUT2D eigenvalue weighted by molar-refractivity contribution is 5.55. The van der Waals surface area contributed by atoms with Crippen LogP contribution < -0.4 is 9.47 Å². The van der Waals surface area contributed by atoms with Gasteiger partial charge in [-0.25, -0.2) is 0 Å². The Bertz CT molecular complexity index is 899. The number of hydrogen-bond donors (Lipinski definition) is 1. The monoisotopic (exact) mass is 441 g/mol. The van der Waals surface area contributed by atoms with Crippen molar-refractivity contribution in [3.8, 4) is 17.2 Å². The summed E-state index contributed by atoms with van der Waals surface area (Å²) < 4.78 is 17.1. The molecule has 1 aliphatic rings. The average Bonchev–Trinajstić information content (AvgIpc) is 2.73. The number of hydrogen-bond acceptors (Lipinski definition) is 5. The molecule has 176 valence electrons. The Balaban J connectivity index is 2.31. The molecule has 1 aliphatic heterocycles. The van der Waals surface area contributed by atoms with E-state index in [1.54, 1.807) is 14.2 Å². The SMILES string of the molecule is COc1cccc(C(c2cc(C(C)(C)C)c(O)c(C(C)(C)C)c2)N2CCOCC2)c1OC. The number of morpholine rings is 1. The van der Waals surface area contributed by atoms with Gasteiger partial charge in [0.1, 0.15) is 5.75 Å². The first-order valence-electron chi connectivity index (χ1n) is 11.4. The summed E-state index contributed by atoms with van der Waals surface area (Å²) in [5.74, 6) is 1.86. The van der Waals surface area contributed by atoms with Crippen molar-refractivity contribution < 1.29 is 19.3 Å². The van der Waals surface area contributed by atoms with E-state index >= 15 is 0 Å². The third-order valence-corrected chi connectivity index (χ3v) is 6.20. The summed E-state index contributed by atoms with van der Waals surface area (Å²) in [7, 11) is 3.36. The van der Waals surface area contributed by atoms with E-state index in [1.807, 2.05) is 12.1 Å². The van der Waals surface area contributed by atoms with Crippen LogP contribution in [0, 0.1) is 0 Å². The highest BCUT2D eigenvalue weighted by Gasteiger charge is 2.33. The number of rotatable bonds is 5. The molecule has 1 atom stereocenters. The van der Waals surface area contributed by atoms with Crippen molar-refractivity contribution in [2.24, 2.45) is 0 Å². The Morgan fingerprint density at radius 2 is 1.47 bits per heavy atom. The van der Waals surface area contributed by atoms with Crippen molar-refractivity contribution in [3.63, 3.8) is 0 Å². The number of ether oxygens (including phenoxy) is 3. The number of phenols is 1. The second-order valence-electron chi connectivity index (χ2n) is 10.6. The number of methoxy groups -OCH3 is 2. The normalized spacial score (nSPS) is 16.6. The van der Waals surface area contributed by atoms with Gasteiger partial charge in [-0.1, -0.05) is 53.7 Å². The fourth-order valence-electron chi connectivity index (χ4n) is 4.51. The Kier molecular flexibility index (Phi) is 7.11. The molecule has 5 nitrogen and oxygen atoms in total. The summed E-state index contributed by atoms with van der Waals surface area (Å²) in [5, 5.41) is 11.3. The maximum Gasteiger partial charge on any atom is 0.165 e. The molecule has 0 aromatic heterocycles. The first-order chi connectivity index (χ1) is 15.0. The minimum Gasteiger partial charge on any atom is -0.507 e. The van der Waals surface area contributed by atoms with Gasteiger partial charge in [-0.3, -0.25) is 4.90 Å². The molecule has 0 radical (unpaired) electrons. The lowest BCUT2D eigenvalue weighted by Crippen LogP contribution is -2.40. The molecule has 0 saturated carbocycles. The molecule has 5 heteroatoms. The molecule has 1 N–H and O–H groups in total. The van der Waals surface area contributed by atoms with Crippen LogP contribution in [0.25, 0.3) is 0 Å². The van der Waals surface area contributed by atoms with E-state index < -0.39 is 0 Å². The van der Waals surface area contributed by atoms with E-state index in [9.17, 15) is 5.11 Å². The fraction of sp³-hybridized carbons (Fsp3) is 0.556. The van der Waals surface area contributed by atoms with Crippen molar-refractivity contribution in [3.05, 3.63) is 52.6 Å². The molecule has 2 aromatic carbocycles. The van der Waals surface area contributed by atoms with Crippen LogP contribution in [0.1, 0.15) is 69.8 Å². The minimum atomic E-state index is -0.200. The number of phenolic OH excluding ortho intramolecular Hbond substituents is 1. The maximum atomic E-state index is 11.3. The van der Waals surface area contributed by atoms with Gasteiger partial charge in [0.25, 0.3) is 0 Å². The minimum absolute atomic E-state index is 0.0493. The van der Waals surface area contributed by atoms with Crippen molar-refractivity contribution in [1.29, 1.82) is 0 Å². The van der Waals surface area contributed by atoms with Gasteiger partial charge in [0.15, 0.2) is 11.5 Å². The molecular formula is C27H39NO4. The van der Waals surface area contributed by atoms with Crippen LogP contribution in [0.5, 0.6) is 17.2 Å². The van der Waals surface area contributed by atoms with Crippen LogP contribution in [-0.2, 0) is 15.6 Å². The second-order valence-corrected chi connectivity index (χ2v) is 10.6. The van der Waals surface area contributed by atoms with Crippen molar-refractivity contribution in [2.45, 2.75) is 58.4 Å². The summed E-state index contributed by atoms with van der Waals surface area (Å²) in [5.41, 5.74) is 3.72. The summed E-state index contributed by atoms with van der Waals surface area (Å²) in [6, 6.07) is 10.3. The van der Waals surface area contributed by atoms with Crippen molar-refractivity contribution in [2.75, 3.05) is 40.5 Å². The molecule has 3 rings (SSSR count). The Morgan fingerprint density at radius 3 is 1.94 bits per heavy atom. The molecule has 1 saturated heterocycles. The Hall–Kier alpha value is -2.24. The predicted octanol–water partition coefficient (Wildman–Crippen LogP) is 5.43. The summed E-state index contributed by atoms with van der Waals surface area (Å²) in [6.45, 7) is 15.9. The van der Waals surface area contributed by atoms with E-state index in [4.69, 9.17) is 14.2 Å². The van der Waals surface area contributed by atoms with Crippen LogP contribution in [-0.4, -0.2) is 50.5 Å². The fourth-order valence-corrected chi connectivity index (χ4v) is 4.51. The number of aromatic hydroxyl groups is 1. The quantitative estimate of drug-likeness (QED) is 0.671. The molecule has 1 unspecified atom stereocenters. The van der Waals surface area contributed by atoms with Gasteiger partial charge in [-0.15, -0.1) is 0 Å². The molecule has 0 aliphatic carbocycles. The lowest BCUT2D eigenvalue weighted by atomic mass is 9.77. The van der Waals surface area contributed by atoms with E-state index in [-0.39, 0.29) is 16.9 Å². The molecule has 1 fully saturated rings. The third-order valence-electron chi connectivity index (χ3n) is 6.20. The maximum absolute atomic E-state index is 11.3. The highest BCUT2D eigenvalue weighted by atomic mass is 16.5. The van der Waals surface area contributed by atoms with Gasteiger partial charge in [0.2, 0.25) is 0 Å². The zero-order valence-electron chi connectivity index (χ0n) is 20.9. The number of nitrogens with zero attached hydrogens (tertiary/aromatic N) is 1. The zero-order chi connectivity index (χ0) is 23.7. The first-order valence-corrected chi connectivity index (χ1v) is 11.4. The molecular weight excluding hydrogens is 402 g/mol. The molecule has 0 amide bonds. The van der Waals surface area contributed by atoms with Gasteiger partial charge in [-0.05, 0) is 45.7 Å². The lowest BCUT2D eigenvalue weighted by Gasteiger charge is -2.37. The lowest BCUT2D eigenvalue weighted by molar-refractivity contribution is 0.0234. The third kappa shape index (κ3) is 4.89. The van der Waals surface area contributed by atoms with Crippen LogP contribution in [0.3, 0.4) is 0 Å². The Morgan fingerprint density at radius 1 is 0.906 bits per heavy atom. The first kappa shape index (κ1) is 24.4. The van der Waals surface area contributed by atoms with E-state index in [2.05, 4.69) is 64.6 Å². The molecule has 0 bridgehead atoms. The van der Waals surface area contributed by atoms with Gasteiger partial charge in [0.05, 0.1) is 33.5 Å². The smallest absolute Gasteiger partial charge is 0.165 e. The standard InChI is InChI=1S/C27H39NO4/c1-26(2,3)20-16-18(17-21(24(20)29)27(4,5)6)23(28-12-14-32-15-13-28)19-10-9-11-22(30-7)25(19)31-8/h9-11,16-17,23,29H,12-15H2,1-8H3. The van der Waals surface area contributed by atoms with Crippen LogP contribution in [0.4, 0.5) is 0 Å². The highest BCUT2D eigenvalue weighted by Crippen LogP contribution is 2.45. The topological polar surface area (TPSA) is 51.2 Å². The van der Waals surface area contributed by atoms with Gasteiger partial charge in [-0.2, -0.15) is 0 Å². The van der Waals surface area contributed by atoms with Crippen LogP contribution in [0.15, 0.2) is 30.3 Å². The summed E-state index contributed by atoms with van der Waals surface area (Å²) in [4.78, 5) is 2.44. The van der Waals surface area contributed by atoms with Gasteiger partial charge in [0, 0.05) is 18.7 Å².